The van der Waals surface area contributed by atoms with Gasteiger partial charge in [-0.3, -0.25) is 0 Å². The Hall–Kier alpha value is -1.51. The minimum absolute atomic E-state index is 0.0875. The van der Waals surface area contributed by atoms with E-state index in [0.717, 1.165) is 18.4 Å². The molecule has 1 aromatic rings. The van der Waals surface area contributed by atoms with Gasteiger partial charge in [0.2, 0.25) is 0 Å². The van der Waals surface area contributed by atoms with E-state index in [2.05, 4.69) is 27.7 Å². The highest BCUT2D eigenvalue weighted by Crippen LogP contribution is 2.31. The van der Waals surface area contributed by atoms with Crippen molar-refractivity contribution in [3.63, 3.8) is 0 Å². The molecule has 0 aliphatic heterocycles. The lowest BCUT2D eigenvalue weighted by molar-refractivity contribution is 0.00358. The van der Waals surface area contributed by atoms with E-state index in [1.165, 1.54) is 0 Å². The number of rotatable bonds is 4. The van der Waals surface area contributed by atoms with Crippen LogP contribution in [0.3, 0.4) is 0 Å². The van der Waals surface area contributed by atoms with Crippen LogP contribution in [-0.4, -0.2) is 11.8 Å². The lowest BCUT2D eigenvalue weighted by Crippen LogP contribution is -2.30. The molecule has 0 spiro atoms. The second kappa shape index (κ2) is 6.29. The molecule has 0 bridgehead atoms. The molecule has 0 aromatic heterocycles. The Morgan fingerprint density at radius 2 is 1.70 bits per heavy atom. The van der Waals surface area contributed by atoms with Crippen molar-refractivity contribution in [2.75, 3.05) is 0 Å². The smallest absolute Gasteiger partial charge is 0.428 e. The molecule has 0 radical (unpaired) electrons. The van der Waals surface area contributed by atoms with Crippen LogP contribution in [0.25, 0.3) is 0 Å². The monoisotopic (exact) mass is 278 g/mol. The predicted molar refractivity (Wildman–Crippen MR) is 81.2 cm³/mol. The molecule has 3 heteroatoms. The normalized spacial score (nSPS) is 12.1. The summed E-state index contributed by atoms with van der Waals surface area (Å²) in [7, 11) is 0. The largest absolute Gasteiger partial charge is 0.514 e. The minimum Gasteiger partial charge on any atom is -0.428 e. The van der Waals surface area contributed by atoms with Crippen LogP contribution < -0.4 is 4.74 Å². The van der Waals surface area contributed by atoms with Gasteiger partial charge < -0.3 is 9.47 Å². The van der Waals surface area contributed by atoms with E-state index >= 15 is 0 Å². The number of carbonyl (C=O) groups excluding carboxylic acids is 1. The van der Waals surface area contributed by atoms with Gasteiger partial charge >= 0.3 is 6.16 Å². The summed E-state index contributed by atoms with van der Waals surface area (Å²) in [6.45, 7) is 12.1. The number of hydrogen-bond donors (Lipinski definition) is 0. The fourth-order valence-electron chi connectivity index (χ4n) is 2.16. The molecule has 0 saturated heterocycles. The fraction of sp³-hybridized carbons (Fsp3) is 0.588. The number of carbonyl (C=O) groups is 1. The van der Waals surface area contributed by atoms with Crippen molar-refractivity contribution in [1.82, 2.24) is 0 Å². The van der Waals surface area contributed by atoms with Gasteiger partial charge in [-0.2, -0.15) is 0 Å². The Balaban J connectivity index is 2.82. The van der Waals surface area contributed by atoms with Gasteiger partial charge in [0.15, 0.2) is 0 Å². The van der Waals surface area contributed by atoms with Crippen LogP contribution in [0.2, 0.25) is 0 Å². The summed E-state index contributed by atoms with van der Waals surface area (Å²) >= 11 is 0. The van der Waals surface area contributed by atoms with Crippen LogP contribution >= 0.6 is 0 Å². The molecule has 0 atom stereocenters. The zero-order chi connectivity index (χ0) is 15.4. The fourth-order valence-corrected chi connectivity index (χ4v) is 2.16. The molecule has 0 heterocycles. The van der Waals surface area contributed by atoms with Gasteiger partial charge in [0.25, 0.3) is 0 Å². The molecule has 1 rings (SSSR count). The number of benzene rings is 1. The molecular formula is C17H26O3. The summed E-state index contributed by atoms with van der Waals surface area (Å²) in [5, 5.41) is 0. The number of ether oxygens (including phenoxy) is 2. The van der Waals surface area contributed by atoms with E-state index in [1.807, 2.05) is 32.0 Å². The Labute approximate surface area is 122 Å². The van der Waals surface area contributed by atoms with Gasteiger partial charge in [-0.05, 0) is 31.7 Å². The van der Waals surface area contributed by atoms with E-state index in [1.54, 1.807) is 6.07 Å². The third-order valence-electron chi connectivity index (χ3n) is 3.10. The summed E-state index contributed by atoms with van der Waals surface area (Å²) in [5.74, 6) is 0.567. The third kappa shape index (κ3) is 4.87. The van der Waals surface area contributed by atoms with Crippen molar-refractivity contribution in [3.8, 4) is 5.75 Å². The van der Waals surface area contributed by atoms with E-state index in [0.29, 0.717) is 5.75 Å². The van der Waals surface area contributed by atoms with Gasteiger partial charge in [0.05, 0.1) is 0 Å². The SMILES string of the molecule is CCCC(C)(C)OC(=O)Oc1ccccc1C(C)(C)C. The van der Waals surface area contributed by atoms with E-state index < -0.39 is 11.8 Å². The van der Waals surface area contributed by atoms with Crippen molar-refractivity contribution in [3.05, 3.63) is 29.8 Å². The first kappa shape index (κ1) is 16.5. The maximum absolute atomic E-state index is 11.9. The molecule has 0 unspecified atom stereocenters. The molecule has 0 saturated carbocycles. The number of hydrogen-bond acceptors (Lipinski definition) is 3. The van der Waals surface area contributed by atoms with E-state index in [-0.39, 0.29) is 5.41 Å². The van der Waals surface area contributed by atoms with Crippen molar-refractivity contribution in [1.29, 1.82) is 0 Å². The van der Waals surface area contributed by atoms with E-state index in [9.17, 15) is 4.79 Å². The predicted octanol–water partition coefficient (Wildman–Crippen LogP) is 5.08. The summed E-state index contributed by atoms with van der Waals surface area (Å²) < 4.78 is 10.8. The molecular weight excluding hydrogens is 252 g/mol. The zero-order valence-electron chi connectivity index (χ0n) is 13.4. The standard InChI is InChI=1S/C17H26O3/c1-7-12-17(5,6)20-15(18)19-14-11-9-8-10-13(14)16(2,3)4/h8-11H,7,12H2,1-6H3. The molecule has 112 valence electrons. The van der Waals surface area contributed by atoms with Gasteiger partial charge in [-0.1, -0.05) is 52.3 Å². The highest BCUT2D eigenvalue weighted by atomic mass is 16.7. The average Bonchev–Trinajstić information content (AvgIpc) is 2.26. The molecule has 0 aliphatic rings. The van der Waals surface area contributed by atoms with Crippen molar-refractivity contribution < 1.29 is 14.3 Å². The molecule has 0 fully saturated rings. The molecule has 20 heavy (non-hydrogen) atoms. The lowest BCUT2D eigenvalue weighted by atomic mass is 9.86. The average molecular weight is 278 g/mol. The zero-order valence-corrected chi connectivity index (χ0v) is 13.4. The van der Waals surface area contributed by atoms with Crippen LogP contribution in [0.4, 0.5) is 4.79 Å². The summed E-state index contributed by atoms with van der Waals surface area (Å²) in [6.07, 6.45) is 1.13. The quantitative estimate of drug-likeness (QED) is 0.569. The van der Waals surface area contributed by atoms with Gasteiger partial charge in [0, 0.05) is 5.56 Å². The molecule has 3 nitrogen and oxygen atoms in total. The van der Waals surface area contributed by atoms with Crippen molar-refractivity contribution in [2.45, 2.75) is 65.4 Å². The summed E-state index contributed by atoms with van der Waals surface area (Å²) in [4.78, 5) is 11.9. The molecule has 0 amide bonds. The lowest BCUT2D eigenvalue weighted by Gasteiger charge is -2.25. The maximum Gasteiger partial charge on any atom is 0.514 e. The van der Waals surface area contributed by atoms with Gasteiger partial charge in [-0.15, -0.1) is 0 Å². The first-order valence-electron chi connectivity index (χ1n) is 7.16. The second-order valence-corrected chi connectivity index (χ2v) is 6.71. The van der Waals surface area contributed by atoms with Crippen LogP contribution in [-0.2, 0) is 10.2 Å². The van der Waals surface area contributed by atoms with E-state index in [4.69, 9.17) is 9.47 Å². The van der Waals surface area contributed by atoms with Crippen LogP contribution in [0.1, 0.15) is 59.9 Å². The Morgan fingerprint density at radius 3 is 2.25 bits per heavy atom. The summed E-state index contributed by atoms with van der Waals surface area (Å²) in [5.41, 5.74) is 0.406. The first-order valence-corrected chi connectivity index (χ1v) is 7.16. The van der Waals surface area contributed by atoms with Crippen molar-refractivity contribution in [2.24, 2.45) is 0 Å². The van der Waals surface area contributed by atoms with Crippen LogP contribution in [0, 0.1) is 0 Å². The topological polar surface area (TPSA) is 35.5 Å². The van der Waals surface area contributed by atoms with Crippen LogP contribution in [0.15, 0.2) is 24.3 Å². The Morgan fingerprint density at radius 1 is 1.10 bits per heavy atom. The third-order valence-corrected chi connectivity index (χ3v) is 3.10. The Bertz CT molecular complexity index is 456. The van der Waals surface area contributed by atoms with Crippen LogP contribution in [0.5, 0.6) is 5.75 Å². The maximum atomic E-state index is 11.9. The first-order chi connectivity index (χ1) is 9.15. The number of para-hydroxylation sites is 1. The van der Waals surface area contributed by atoms with Gasteiger partial charge in [-0.25, -0.2) is 4.79 Å². The molecule has 0 N–H and O–H groups in total. The van der Waals surface area contributed by atoms with Crippen molar-refractivity contribution >= 4 is 6.16 Å². The highest BCUT2D eigenvalue weighted by Gasteiger charge is 2.25. The highest BCUT2D eigenvalue weighted by molar-refractivity contribution is 5.65. The minimum atomic E-state index is -0.639. The molecule has 0 aliphatic carbocycles. The summed E-state index contributed by atoms with van der Waals surface area (Å²) in [6, 6.07) is 7.57. The van der Waals surface area contributed by atoms with Gasteiger partial charge in [0.1, 0.15) is 11.4 Å². The Kier molecular flexibility index (Phi) is 5.21. The molecule has 1 aromatic carbocycles. The second-order valence-electron chi connectivity index (χ2n) is 6.71.